The molecule has 1 unspecified atom stereocenters. The summed E-state index contributed by atoms with van der Waals surface area (Å²) in [6.07, 6.45) is 1.69. The minimum absolute atomic E-state index is 0.137. The number of nitrogens with one attached hydrogen (secondary N) is 1. The molecule has 0 aliphatic rings. The Labute approximate surface area is 166 Å². The van der Waals surface area contributed by atoms with Crippen LogP contribution in [0.4, 0.5) is 13.2 Å². The number of nitrogens with zero attached hydrogens (tertiary/aromatic N) is 2. The van der Waals surface area contributed by atoms with Crippen LogP contribution in [0.3, 0.4) is 0 Å². The molecule has 3 rings (SSSR count). The molecule has 29 heavy (non-hydrogen) atoms. The Bertz CT molecular complexity index is 1130. The van der Waals surface area contributed by atoms with Gasteiger partial charge in [0.2, 0.25) is 0 Å². The SMILES string of the molecule is CC(C)(C)c1cc(-c2c[nH]c3ccccc23)c(C#N)c(OOS(=O)C(F)(F)F)n1. The van der Waals surface area contributed by atoms with Crippen molar-refractivity contribution in [3.8, 4) is 23.1 Å². The van der Waals surface area contributed by atoms with Gasteiger partial charge in [0.1, 0.15) is 11.6 Å². The first-order valence-corrected chi connectivity index (χ1v) is 9.45. The Hall–Kier alpha value is -2.90. The number of H-pyrrole nitrogens is 1. The molecular weight excluding hydrogens is 407 g/mol. The molecule has 0 saturated heterocycles. The summed E-state index contributed by atoms with van der Waals surface area (Å²) in [5.41, 5.74) is -3.47. The van der Waals surface area contributed by atoms with Crippen molar-refractivity contribution in [1.29, 1.82) is 5.26 Å². The van der Waals surface area contributed by atoms with Crippen LogP contribution in [-0.2, 0) is 20.8 Å². The monoisotopic (exact) mass is 423 g/mol. The first-order valence-electron chi connectivity index (χ1n) is 8.38. The molecule has 1 N–H and O–H groups in total. The lowest BCUT2D eigenvalue weighted by molar-refractivity contribution is -0.122. The fourth-order valence-corrected chi connectivity index (χ4v) is 2.89. The summed E-state index contributed by atoms with van der Waals surface area (Å²) in [6, 6.07) is 10.9. The second kappa shape index (κ2) is 7.50. The van der Waals surface area contributed by atoms with Gasteiger partial charge in [-0.05, 0) is 12.1 Å². The highest BCUT2D eigenvalue weighted by molar-refractivity contribution is 7.81. The van der Waals surface area contributed by atoms with Gasteiger partial charge in [0.05, 0.1) is 5.69 Å². The highest BCUT2D eigenvalue weighted by Gasteiger charge is 2.40. The van der Waals surface area contributed by atoms with E-state index in [1.54, 1.807) is 12.3 Å². The van der Waals surface area contributed by atoms with Crippen molar-refractivity contribution in [3.05, 3.63) is 47.8 Å². The maximum Gasteiger partial charge on any atom is 0.500 e. The van der Waals surface area contributed by atoms with Gasteiger partial charge in [-0.25, -0.2) is 9.19 Å². The average Bonchev–Trinajstić information content (AvgIpc) is 3.07. The Kier molecular flexibility index (Phi) is 5.38. The van der Waals surface area contributed by atoms with Crippen molar-refractivity contribution in [2.75, 3.05) is 0 Å². The van der Waals surface area contributed by atoms with Gasteiger partial charge in [0.25, 0.3) is 5.88 Å². The van der Waals surface area contributed by atoms with Gasteiger partial charge in [-0.15, -0.1) is 0 Å². The molecule has 2 aromatic heterocycles. The molecule has 0 saturated carbocycles. The Morgan fingerprint density at radius 1 is 1.17 bits per heavy atom. The van der Waals surface area contributed by atoms with Crippen LogP contribution >= 0.6 is 0 Å². The molecule has 1 aromatic carbocycles. The lowest BCUT2D eigenvalue weighted by atomic mass is 9.88. The van der Waals surface area contributed by atoms with E-state index in [0.29, 0.717) is 16.8 Å². The lowest BCUT2D eigenvalue weighted by Gasteiger charge is -2.20. The van der Waals surface area contributed by atoms with E-state index in [-0.39, 0.29) is 5.56 Å². The van der Waals surface area contributed by atoms with Crippen molar-refractivity contribution >= 4 is 22.0 Å². The third-order valence-corrected chi connectivity index (χ3v) is 4.68. The van der Waals surface area contributed by atoms with E-state index in [2.05, 4.69) is 19.2 Å². The number of pyridine rings is 1. The van der Waals surface area contributed by atoms with E-state index in [1.807, 2.05) is 51.1 Å². The standard InChI is InChI=1S/C19H16F3N3O3S/c1-18(2,3)16-8-12(14-10-24-15-7-5-4-6-11(14)15)13(9-23)17(25-16)27-28-29(26)19(20,21)22/h4-8,10,24H,1-3H3. The van der Waals surface area contributed by atoms with Crippen LogP contribution in [0.2, 0.25) is 0 Å². The molecule has 0 radical (unpaired) electrons. The summed E-state index contributed by atoms with van der Waals surface area (Å²) >= 11 is -3.72. The Balaban J connectivity index is 2.18. The van der Waals surface area contributed by atoms with Crippen LogP contribution in [0.15, 0.2) is 36.5 Å². The number of para-hydroxylation sites is 1. The minimum atomic E-state index is -5.13. The molecule has 0 spiro atoms. The predicted octanol–water partition coefficient (Wildman–Crippen LogP) is 4.89. The number of aromatic amines is 1. The topological polar surface area (TPSA) is 88.0 Å². The number of halogens is 3. The number of aromatic nitrogens is 2. The Morgan fingerprint density at radius 3 is 2.48 bits per heavy atom. The zero-order valence-corrected chi connectivity index (χ0v) is 16.4. The first kappa shape index (κ1) is 20.8. The van der Waals surface area contributed by atoms with Gasteiger partial charge in [0, 0.05) is 33.6 Å². The summed E-state index contributed by atoms with van der Waals surface area (Å²) in [4.78, 5) is 11.9. The van der Waals surface area contributed by atoms with E-state index in [0.717, 1.165) is 10.9 Å². The van der Waals surface area contributed by atoms with E-state index in [4.69, 9.17) is 0 Å². The normalized spacial score (nSPS) is 13.3. The van der Waals surface area contributed by atoms with Crippen molar-refractivity contribution in [1.82, 2.24) is 9.97 Å². The Morgan fingerprint density at radius 2 is 1.86 bits per heavy atom. The summed E-state index contributed by atoms with van der Waals surface area (Å²) in [7, 11) is 0. The van der Waals surface area contributed by atoms with Crippen LogP contribution in [-0.4, -0.2) is 19.7 Å². The van der Waals surface area contributed by atoms with Gasteiger partial charge in [-0.2, -0.15) is 18.4 Å². The van der Waals surface area contributed by atoms with Crippen molar-refractivity contribution in [3.63, 3.8) is 0 Å². The molecule has 0 aliphatic heterocycles. The van der Waals surface area contributed by atoms with Gasteiger partial charge in [-0.1, -0.05) is 43.3 Å². The quantitative estimate of drug-likeness (QED) is 0.477. The summed E-state index contributed by atoms with van der Waals surface area (Å²) < 4.78 is 52.6. The van der Waals surface area contributed by atoms with Crippen molar-refractivity contribution in [2.45, 2.75) is 31.7 Å². The van der Waals surface area contributed by atoms with E-state index in [9.17, 15) is 22.6 Å². The van der Waals surface area contributed by atoms with Gasteiger partial charge in [0.15, 0.2) is 0 Å². The van der Waals surface area contributed by atoms with Crippen LogP contribution < -0.4 is 4.89 Å². The van der Waals surface area contributed by atoms with E-state index < -0.39 is 27.9 Å². The van der Waals surface area contributed by atoms with Gasteiger partial charge in [-0.3, -0.25) is 0 Å². The third-order valence-electron chi connectivity index (χ3n) is 4.11. The summed E-state index contributed by atoms with van der Waals surface area (Å²) in [5, 5.41) is 10.5. The highest BCUT2D eigenvalue weighted by Crippen LogP contribution is 2.37. The molecule has 0 aliphatic carbocycles. The average molecular weight is 423 g/mol. The molecule has 10 heteroatoms. The molecule has 6 nitrogen and oxygen atoms in total. The van der Waals surface area contributed by atoms with Gasteiger partial charge < -0.3 is 9.87 Å². The smallest absolute Gasteiger partial charge is 0.361 e. The number of hydrogen-bond acceptors (Lipinski definition) is 5. The predicted molar refractivity (Wildman–Crippen MR) is 101 cm³/mol. The molecule has 0 amide bonds. The zero-order chi connectivity index (χ0) is 21.4. The van der Waals surface area contributed by atoms with Crippen LogP contribution in [0.25, 0.3) is 22.0 Å². The number of rotatable bonds is 4. The molecular formula is C19H16F3N3O3S. The summed E-state index contributed by atoms with van der Waals surface area (Å²) in [6.45, 7) is 5.54. The van der Waals surface area contributed by atoms with Gasteiger partial charge >= 0.3 is 16.6 Å². The fourth-order valence-electron chi connectivity index (χ4n) is 2.68. The van der Waals surface area contributed by atoms with Crippen molar-refractivity contribution < 1.29 is 26.6 Å². The minimum Gasteiger partial charge on any atom is -0.361 e. The second-order valence-electron chi connectivity index (χ2n) is 7.18. The third kappa shape index (κ3) is 4.26. The van der Waals surface area contributed by atoms with E-state index in [1.165, 1.54) is 0 Å². The fraction of sp³-hybridized carbons (Fsp3) is 0.263. The number of nitriles is 1. The second-order valence-corrected chi connectivity index (χ2v) is 8.25. The van der Waals surface area contributed by atoms with Crippen LogP contribution in [0.5, 0.6) is 5.88 Å². The first-order chi connectivity index (χ1) is 13.5. The summed E-state index contributed by atoms with van der Waals surface area (Å²) in [5.74, 6) is -0.488. The molecule has 0 fully saturated rings. The maximum atomic E-state index is 12.5. The lowest BCUT2D eigenvalue weighted by Crippen LogP contribution is -2.21. The van der Waals surface area contributed by atoms with Crippen LogP contribution in [0, 0.1) is 11.3 Å². The largest absolute Gasteiger partial charge is 0.500 e. The number of benzene rings is 1. The van der Waals surface area contributed by atoms with Crippen LogP contribution in [0.1, 0.15) is 32.0 Å². The number of hydrogen-bond donors (Lipinski definition) is 1. The molecule has 0 bridgehead atoms. The molecule has 152 valence electrons. The van der Waals surface area contributed by atoms with Crippen molar-refractivity contribution in [2.24, 2.45) is 0 Å². The number of alkyl halides is 3. The molecule has 1 atom stereocenters. The van der Waals surface area contributed by atoms with E-state index >= 15 is 0 Å². The highest BCUT2D eigenvalue weighted by atomic mass is 32.2. The number of fused-ring (bicyclic) bond motifs is 1. The maximum absolute atomic E-state index is 12.5. The zero-order valence-electron chi connectivity index (χ0n) is 15.6. The molecule has 3 aromatic rings. The molecule has 2 heterocycles.